The molecule has 3 nitrogen and oxygen atoms in total. The van der Waals surface area contributed by atoms with Gasteiger partial charge in [-0.2, -0.15) is 0 Å². The smallest absolute Gasteiger partial charge is 0.154 e. The molecule has 0 atom stereocenters. The molecule has 3 rings (SSSR count). The molecular formula is C16H17BrN2OS. The summed E-state index contributed by atoms with van der Waals surface area (Å²) in [6.45, 7) is 7.23. The molecular weight excluding hydrogens is 348 g/mol. The number of nitrogens with zero attached hydrogens (tertiary/aromatic N) is 1. The summed E-state index contributed by atoms with van der Waals surface area (Å²) in [5.41, 5.74) is 1.88. The molecule has 21 heavy (non-hydrogen) atoms. The number of fused-ring (bicyclic) bond motifs is 1. The topological polar surface area (TPSA) is 38.1 Å². The monoisotopic (exact) mass is 364 g/mol. The number of nitrogens with one attached hydrogen (secondary N) is 1. The largest absolute Gasteiger partial charge is 0.454 e. The Bertz CT molecular complexity index is 770. The van der Waals surface area contributed by atoms with E-state index in [1.807, 2.05) is 23.6 Å². The van der Waals surface area contributed by atoms with Crippen LogP contribution in [-0.4, -0.2) is 10.5 Å². The molecule has 1 aromatic carbocycles. The van der Waals surface area contributed by atoms with Crippen molar-refractivity contribution in [2.75, 3.05) is 0 Å². The van der Waals surface area contributed by atoms with Crippen molar-refractivity contribution in [1.29, 1.82) is 0 Å². The van der Waals surface area contributed by atoms with Crippen LogP contribution in [0.1, 0.15) is 25.8 Å². The highest BCUT2D eigenvalue weighted by Gasteiger charge is 2.13. The number of benzene rings is 1. The Hall–Kier alpha value is -1.17. The predicted molar refractivity (Wildman–Crippen MR) is 91.6 cm³/mol. The maximum absolute atomic E-state index is 5.87. The van der Waals surface area contributed by atoms with E-state index in [2.05, 4.69) is 53.1 Å². The first-order valence-corrected chi connectivity index (χ1v) is 8.47. The third-order valence-electron chi connectivity index (χ3n) is 3.05. The maximum Gasteiger partial charge on any atom is 0.154 e. The third kappa shape index (κ3) is 3.54. The molecule has 5 heteroatoms. The first-order chi connectivity index (χ1) is 9.90. The molecule has 0 fully saturated rings. The Kier molecular flexibility index (Phi) is 3.90. The summed E-state index contributed by atoms with van der Waals surface area (Å²) in [4.78, 5) is 4.65. The van der Waals surface area contributed by atoms with Gasteiger partial charge in [0.2, 0.25) is 0 Å². The summed E-state index contributed by atoms with van der Waals surface area (Å²) in [5.74, 6) is 0.821. The normalized spacial score (nSPS) is 12.2. The summed E-state index contributed by atoms with van der Waals surface area (Å²) in [6.07, 6.45) is 0. The van der Waals surface area contributed by atoms with E-state index < -0.39 is 0 Å². The van der Waals surface area contributed by atoms with E-state index in [1.54, 1.807) is 11.3 Å². The van der Waals surface area contributed by atoms with Crippen LogP contribution in [0.5, 0.6) is 0 Å². The summed E-state index contributed by atoms with van der Waals surface area (Å²) in [5, 5.41) is 7.65. The maximum atomic E-state index is 5.87. The third-order valence-corrected chi connectivity index (χ3v) is 4.39. The number of furan rings is 1. The van der Waals surface area contributed by atoms with Crippen LogP contribution in [0.25, 0.3) is 22.4 Å². The fourth-order valence-electron chi connectivity index (χ4n) is 1.99. The minimum absolute atomic E-state index is 0.0947. The van der Waals surface area contributed by atoms with E-state index in [9.17, 15) is 0 Å². The van der Waals surface area contributed by atoms with Crippen LogP contribution in [-0.2, 0) is 6.54 Å². The SMILES string of the molecule is CC(C)(C)NCc1nc(-c2cc3cc(Br)ccc3o2)cs1. The molecule has 0 bridgehead atoms. The van der Waals surface area contributed by atoms with Gasteiger partial charge in [-0.25, -0.2) is 4.98 Å². The van der Waals surface area contributed by atoms with Crippen molar-refractivity contribution >= 4 is 38.2 Å². The average molecular weight is 365 g/mol. The van der Waals surface area contributed by atoms with Gasteiger partial charge in [-0.1, -0.05) is 15.9 Å². The zero-order valence-corrected chi connectivity index (χ0v) is 14.6. The van der Waals surface area contributed by atoms with Gasteiger partial charge in [-0.3, -0.25) is 0 Å². The molecule has 0 amide bonds. The highest BCUT2D eigenvalue weighted by Crippen LogP contribution is 2.30. The summed E-state index contributed by atoms with van der Waals surface area (Å²) in [7, 11) is 0. The lowest BCUT2D eigenvalue weighted by Crippen LogP contribution is -2.34. The van der Waals surface area contributed by atoms with E-state index in [4.69, 9.17) is 4.42 Å². The van der Waals surface area contributed by atoms with E-state index in [0.29, 0.717) is 0 Å². The lowest BCUT2D eigenvalue weighted by Gasteiger charge is -2.19. The van der Waals surface area contributed by atoms with Crippen molar-refractivity contribution in [2.24, 2.45) is 0 Å². The molecule has 0 saturated heterocycles. The van der Waals surface area contributed by atoms with Crippen LogP contribution < -0.4 is 5.32 Å². The molecule has 0 aliphatic rings. The molecule has 0 aliphatic carbocycles. The summed E-state index contributed by atoms with van der Waals surface area (Å²) < 4.78 is 6.92. The van der Waals surface area contributed by atoms with Gasteiger partial charge >= 0.3 is 0 Å². The van der Waals surface area contributed by atoms with E-state index in [-0.39, 0.29) is 5.54 Å². The Labute approximate surface area is 136 Å². The van der Waals surface area contributed by atoms with Gasteiger partial charge < -0.3 is 9.73 Å². The zero-order valence-electron chi connectivity index (χ0n) is 12.2. The van der Waals surface area contributed by atoms with Crippen molar-refractivity contribution in [2.45, 2.75) is 32.9 Å². The van der Waals surface area contributed by atoms with Gasteiger partial charge in [0, 0.05) is 27.3 Å². The second-order valence-electron chi connectivity index (χ2n) is 6.02. The molecule has 0 aliphatic heterocycles. The highest BCUT2D eigenvalue weighted by atomic mass is 79.9. The van der Waals surface area contributed by atoms with E-state index >= 15 is 0 Å². The fraction of sp³-hybridized carbons (Fsp3) is 0.312. The minimum Gasteiger partial charge on any atom is -0.454 e. The number of hydrogen-bond acceptors (Lipinski definition) is 4. The van der Waals surface area contributed by atoms with Gasteiger partial charge in [-0.05, 0) is 45.0 Å². The Morgan fingerprint density at radius 3 is 2.86 bits per heavy atom. The van der Waals surface area contributed by atoms with Crippen LogP contribution in [0.2, 0.25) is 0 Å². The summed E-state index contributed by atoms with van der Waals surface area (Å²) >= 11 is 5.13. The van der Waals surface area contributed by atoms with Crippen molar-refractivity contribution < 1.29 is 4.42 Å². The Morgan fingerprint density at radius 1 is 1.29 bits per heavy atom. The van der Waals surface area contributed by atoms with Crippen molar-refractivity contribution in [3.63, 3.8) is 0 Å². The quantitative estimate of drug-likeness (QED) is 0.693. The highest BCUT2D eigenvalue weighted by molar-refractivity contribution is 9.10. The van der Waals surface area contributed by atoms with Gasteiger partial charge in [0.15, 0.2) is 5.76 Å². The lowest BCUT2D eigenvalue weighted by molar-refractivity contribution is 0.424. The van der Waals surface area contributed by atoms with Crippen LogP contribution >= 0.6 is 27.3 Å². The second-order valence-corrected chi connectivity index (χ2v) is 7.88. The van der Waals surface area contributed by atoms with Gasteiger partial charge in [-0.15, -0.1) is 11.3 Å². The molecule has 2 aromatic heterocycles. The number of aromatic nitrogens is 1. The Balaban J connectivity index is 1.84. The van der Waals surface area contributed by atoms with Crippen LogP contribution in [0, 0.1) is 0 Å². The van der Waals surface area contributed by atoms with Crippen molar-refractivity contribution in [3.8, 4) is 11.5 Å². The van der Waals surface area contributed by atoms with E-state index in [1.165, 1.54) is 0 Å². The molecule has 1 N–H and O–H groups in total. The average Bonchev–Trinajstić information content (AvgIpc) is 3.00. The number of rotatable bonds is 3. The van der Waals surface area contributed by atoms with Gasteiger partial charge in [0.25, 0.3) is 0 Å². The van der Waals surface area contributed by atoms with Crippen LogP contribution in [0.4, 0.5) is 0 Å². The molecule has 110 valence electrons. The van der Waals surface area contributed by atoms with Gasteiger partial charge in [0.05, 0.1) is 0 Å². The van der Waals surface area contributed by atoms with E-state index in [0.717, 1.165) is 38.4 Å². The predicted octanol–water partition coefficient (Wildman–Crippen LogP) is 5.21. The zero-order chi connectivity index (χ0) is 15.0. The molecule has 0 radical (unpaired) electrons. The molecule has 0 saturated carbocycles. The standard InChI is InChI=1S/C16H17BrN2OS/c1-16(2,3)18-8-15-19-12(9-21-15)14-7-10-6-11(17)4-5-13(10)20-14/h4-7,9,18H,8H2,1-3H3. The fourth-order valence-corrected chi connectivity index (χ4v) is 3.09. The molecule has 0 unspecified atom stereocenters. The first kappa shape index (κ1) is 14.8. The Morgan fingerprint density at radius 2 is 2.10 bits per heavy atom. The second kappa shape index (κ2) is 5.55. The van der Waals surface area contributed by atoms with Gasteiger partial charge in [0.1, 0.15) is 16.3 Å². The minimum atomic E-state index is 0.0947. The van der Waals surface area contributed by atoms with Crippen LogP contribution in [0.15, 0.2) is 38.5 Å². The number of halogens is 1. The summed E-state index contributed by atoms with van der Waals surface area (Å²) in [6, 6.07) is 8.04. The molecule has 0 spiro atoms. The number of thiazole rings is 1. The first-order valence-electron chi connectivity index (χ1n) is 6.80. The van der Waals surface area contributed by atoms with Crippen molar-refractivity contribution in [1.82, 2.24) is 10.3 Å². The lowest BCUT2D eigenvalue weighted by atomic mass is 10.1. The van der Waals surface area contributed by atoms with Crippen LogP contribution in [0.3, 0.4) is 0 Å². The molecule has 3 aromatic rings. The molecule has 2 heterocycles. The number of hydrogen-bond donors (Lipinski definition) is 1. The van der Waals surface area contributed by atoms with Crippen molar-refractivity contribution in [3.05, 3.63) is 39.1 Å².